The molecule has 2 atom stereocenters. The van der Waals surface area contributed by atoms with Gasteiger partial charge >= 0.3 is 5.97 Å². The number of rotatable bonds is 2. The maximum Gasteiger partial charge on any atom is 0.303 e. The van der Waals surface area contributed by atoms with E-state index in [0.29, 0.717) is 6.61 Å². The van der Waals surface area contributed by atoms with Crippen molar-refractivity contribution in [3.05, 3.63) is 0 Å². The Morgan fingerprint density at radius 1 is 1.60 bits per heavy atom. The molecule has 1 saturated heterocycles. The number of carbonyl (C=O) groups is 1. The summed E-state index contributed by atoms with van der Waals surface area (Å²) in [6, 6.07) is 0. The molecule has 0 aromatic rings. The lowest BCUT2D eigenvalue weighted by molar-refractivity contribution is -0.138. The highest BCUT2D eigenvalue weighted by Gasteiger charge is 2.27. The van der Waals surface area contributed by atoms with Crippen LogP contribution in [0.3, 0.4) is 0 Å². The van der Waals surface area contributed by atoms with Crippen molar-refractivity contribution in [3.8, 4) is 0 Å². The highest BCUT2D eigenvalue weighted by atomic mass is 16.5. The van der Waals surface area contributed by atoms with Gasteiger partial charge in [0.05, 0.1) is 25.7 Å². The van der Waals surface area contributed by atoms with E-state index in [1.54, 1.807) is 0 Å². The molecule has 10 heavy (non-hydrogen) atoms. The zero-order valence-electron chi connectivity index (χ0n) is 5.49. The average Bonchev–Trinajstić information content (AvgIpc) is 2.15. The van der Waals surface area contributed by atoms with Gasteiger partial charge in [0, 0.05) is 5.92 Å². The summed E-state index contributed by atoms with van der Waals surface area (Å²) in [5.41, 5.74) is 0. The maximum absolute atomic E-state index is 10.1. The Labute approximate surface area is 58.4 Å². The number of aliphatic hydroxyl groups is 1. The predicted octanol–water partition coefficient (Wildman–Crippen LogP) is -0.532. The Hall–Kier alpha value is -0.610. The van der Waals surface area contributed by atoms with Crippen molar-refractivity contribution in [2.45, 2.75) is 12.5 Å². The van der Waals surface area contributed by atoms with Crippen molar-refractivity contribution < 1.29 is 19.7 Å². The van der Waals surface area contributed by atoms with Crippen molar-refractivity contribution >= 4 is 5.97 Å². The zero-order valence-corrected chi connectivity index (χ0v) is 5.49. The average molecular weight is 146 g/mol. The fourth-order valence-corrected chi connectivity index (χ4v) is 1.01. The van der Waals surface area contributed by atoms with Crippen LogP contribution >= 0.6 is 0 Å². The summed E-state index contributed by atoms with van der Waals surface area (Å²) in [4.78, 5) is 10.1. The van der Waals surface area contributed by atoms with Gasteiger partial charge in [-0.2, -0.15) is 0 Å². The van der Waals surface area contributed by atoms with Crippen LogP contribution in [0.4, 0.5) is 0 Å². The van der Waals surface area contributed by atoms with Crippen LogP contribution in [-0.4, -0.2) is 35.5 Å². The predicted molar refractivity (Wildman–Crippen MR) is 32.6 cm³/mol. The molecule has 0 unspecified atom stereocenters. The van der Waals surface area contributed by atoms with Gasteiger partial charge in [0.1, 0.15) is 0 Å². The molecule has 0 aliphatic carbocycles. The summed E-state index contributed by atoms with van der Waals surface area (Å²) in [5, 5.41) is 17.4. The van der Waals surface area contributed by atoms with E-state index in [2.05, 4.69) is 0 Å². The Morgan fingerprint density at radius 2 is 2.30 bits per heavy atom. The first-order valence-electron chi connectivity index (χ1n) is 3.17. The number of hydrogen-bond donors (Lipinski definition) is 2. The smallest absolute Gasteiger partial charge is 0.303 e. The minimum atomic E-state index is -0.880. The van der Waals surface area contributed by atoms with E-state index in [-0.39, 0.29) is 18.9 Å². The van der Waals surface area contributed by atoms with Crippen LogP contribution in [0.2, 0.25) is 0 Å². The van der Waals surface area contributed by atoms with Crippen LogP contribution in [-0.2, 0) is 9.53 Å². The third-order valence-corrected chi connectivity index (χ3v) is 1.60. The molecule has 0 aromatic heterocycles. The number of ether oxygens (including phenoxy) is 1. The largest absolute Gasteiger partial charge is 0.481 e. The Kier molecular flexibility index (Phi) is 2.24. The molecule has 1 heterocycles. The second kappa shape index (κ2) is 2.98. The van der Waals surface area contributed by atoms with Gasteiger partial charge in [-0.15, -0.1) is 0 Å². The van der Waals surface area contributed by atoms with Crippen LogP contribution in [0.25, 0.3) is 0 Å². The summed E-state index contributed by atoms with van der Waals surface area (Å²) in [6.07, 6.45) is -0.586. The van der Waals surface area contributed by atoms with Gasteiger partial charge in [0.25, 0.3) is 0 Å². The van der Waals surface area contributed by atoms with Crippen LogP contribution in [0, 0.1) is 5.92 Å². The molecule has 2 N–H and O–H groups in total. The van der Waals surface area contributed by atoms with Gasteiger partial charge in [-0.05, 0) is 0 Å². The normalized spacial score (nSPS) is 32.5. The van der Waals surface area contributed by atoms with Crippen molar-refractivity contribution in [1.29, 1.82) is 0 Å². The van der Waals surface area contributed by atoms with E-state index in [9.17, 15) is 4.79 Å². The van der Waals surface area contributed by atoms with E-state index in [4.69, 9.17) is 14.9 Å². The molecule has 4 heteroatoms. The van der Waals surface area contributed by atoms with Crippen molar-refractivity contribution in [1.82, 2.24) is 0 Å². The quantitative estimate of drug-likeness (QED) is 0.549. The maximum atomic E-state index is 10.1. The Balaban J connectivity index is 2.33. The SMILES string of the molecule is O=C(O)C[C@@H]1COC[C@H]1O. The van der Waals surface area contributed by atoms with Crippen molar-refractivity contribution in [3.63, 3.8) is 0 Å². The summed E-state index contributed by atoms with van der Waals surface area (Å²) in [6.45, 7) is 0.644. The van der Waals surface area contributed by atoms with E-state index in [1.165, 1.54) is 0 Å². The molecule has 0 saturated carbocycles. The van der Waals surface area contributed by atoms with Crippen LogP contribution < -0.4 is 0 Å². The molecular weight excluding hydrogens is 136 g/mol. The third kappa shape index (κ3) is 1.68. The molecule has 1 aliphatic heterocycles. The summed E-state index contributed by atoms with van der Waals surface area (Å²) < 4.78 is 4.86. The highest BCUT2D eigenvalue weighted by Crippen LogP contribution is 2.16. The second-order valence-corrected chi connectivity index (χ2v) is 2.46. The number of hydrogen-bond acceptors (Lipinski definition) is 3. The molecule has 1 aliphatic rings. The van der Waals surface area contributed by atoms with Crippen LogP contribution in [0.5, 0.6) is 0 Å². The number of aliphatic hydroxyl groups excluding tert-OH is 1. The second-order valence-electron chi connectivity index (χ2n) is 2.46. The topological polar surface area (TPSA) is 66.8 Å². The zero-order chi connectivity index (χ0) is 7.56. The summed E-state index contributed by atoms with van der Waals surface area (Å²) in [7, 11) is 0. The van der Waals surface area contributed by atoms with Gasteiger partial charge < -0.3 is 14.9 Å². The molecule has 1 rings (SSSR count). The molecule has 4 nitrogen and oxygen atoms in total. The first-order chi connectivity index (χ1) is 4.70. The lowest BCUT2D eigenvalue weighted by atomic mass is 10.0. The molecule has 0 radical (unpaired) electrons. The first kappa shape index (κ1) is 7.50. The first-order valence-corrected chi connectivity index (χ1v) is 3.17. The lowest BCUT2D eigenvalue weighted by Gasteiger charge is -2.07. The van der Waals surface area contributed by atoms with Crippen LogP contribution in [0.1, 0.15) is 6.42 Å². The van der Waals surface area contributed by atoms with E-state index in [0.717, 1.165) is 0 Å². The minimum absolute atomic E-state index is 0.00116. The molecule has 58 valence electrons. The van der Waals surface area contributed by atoms with Gasteiger partial charge in [-0.3, -0.25) is 4.79 Å². The Bertz CT molecular complexity index is 134. The third-order valence-electron chi connectivity index (χ3n) is 1.60. The van der Waals surface area contributed by atoms with Gasteiger partial charge in [-0.25, -0.2) is 0 Å². The van der Waals surface area contributed by atoms with Gasteiger partial charge in [0.2, 0.25) is 0 Å². The Morgan fingerprint density at radius 3 is 2.70 bits per heavy atom. The lowest BCUT2D eigenvalue weighted by Crippen LogP contribution is -2.20. The van der Waals surface area contributed by atoms with Gasteiger partial charge in [-0.1, -0.05) is 0 Å². The van der Waals surface area contributed by atoms with Gasteiger partial charge in [0.15, 0.2) is 0 Å². The minimum Gasteiger partial charge on any atom is -0.481 e. The van der Waals surface area contributed by atoms with Crippen molar-refractivity contribution in [2.75, 3.05) is 13.2 Å². The molecule has 0 aromatic carbocycles. The number of carboxylic acid groups (broad SMARTS) is 1. The molecule has 1 fully saturated rings. The van der Waals surface area contributed by atoms with Crippen molar-refractivity contribution in [2.24, 2.45) is 5.92 Å². The highest BCUT2D eigenvalue weighted by molar-refractivity contribution is 5.67. The fourth-order valence-electron chi connectivity index (χ4n) is 1.01. The van der Waals surface area contributed by atoms with E-state index >= 15 is 0 Å². The number of aliphatic carboxylic acids is 1. The molecule has 0 bridgehead atoms. The molecular formula is C6H10O4. The molecule has 0 spiro atoms. The van der Waals surface area contributed by atoms with E-state index in [1.807, 2.05) is 0 Å². The molecule has 0 amide bonds. The standard InChI is InChI=1S/C6H10O4/c7-5-3-10-2-4(5)1-6(8)9/h4-5,7H,1-3H2,(H,8,9)/t4-,5-/m1/s1. The summed E-state index contributed by atoms with van der Waals surface area (Å²) >= 11 is 0. The van der Waals surface area contributed by atoms with Crippen LogP contribution in [0.15, 0.2) is 0 Å². The monoisotopic (exact) mass is 146 g/mol. The number of carboxylic acids is 1. The summed E-state index contributed by atoms with van der Waals surface area (Å²) in [5.74, 6) is -1.09. The fraction of sp³-hybridized carbons (Fsp3) is 0.833. The van der Waals surface area contributed by atoms with E-state index < -0.39 is 12.1 Å².